The molecule has 3 nitrogen and oxygen atoms in total. The molecule has 0 spiro atoms. The summed E-state index contributed by atoms with van der Waals surface area (Å²) >= 11 is 1.89. The number of rotatable bonds is 2. The molecule has 0 N–H and O–H groups in total. The van der Waals surface area contributed by atoms with Crippen molar-refractivity contribution in [3.05, 3.63) is 45.7 Å². The number of thiophene rings is 1. The van der Waals surface area contributed by atoms with Crippen LogP contribution in [0, 0.1) is 6.92 Å². The molecular formula is C13H15N3S. The fourth-order valence-electron chi connectivity index (χ4n) is 2.25. The van der Waals surface area contributed by atoms with E-state index in [9.17, 15) is 0 Å². The number of hydrogen-bond acceptors (Lipinski definition) is 4. The van der Waals surface area contributed by atoms with Gasteiger partial charge in [0.2, 0.25) is 0 Å². The lowest BCUT2D eigenvalue weighted by atomic mass is 10.1. The molecule has 0 aliphatic carbocycles. The summed E-state index contributed by atoms with van der Waals surface area (Å²) in [7, 11) is 0. The molecule has 1 aliphatic rings. The van der Waals surface area contributed by atoms with Crippen LogP contribution in [-0.2, 0) is 19.5 Å². The van der Waals surface area contributed by atoms with Gasteiger partial charge in [-0.3, -0.25) is 4.90 Å². The molecule has 2 aromatic rings. The van der Waals surface area contributed by atoms with E-state index in [1.807, 2.05) is 17.5 Å². The van der Waals surface area contributed by atoms with Gasteiger partial charge in [0.05, 0.1) is 0 Å². The van der Waals surface area contributed by atoms with Gasteiger partial charge in [0, 0.05) is 53.3 Å². The Kier molecular flexibility index (Phi) is 2.91. The summed E-state index contributed by atoms with van der Waals surface area (Å²) in [6, 6.07) is 4.43. The molecule has 0 saturated heterocycles. The molecule has 0 bridgehead atoms. The third-order valence-electron chi connectivity index (χ3n) is 3.12. The largest absolute Gasteiger partial charge is 0.293 e. The van der Waals surface area contributed by atoms with Crippen LogP contribution in [0.2, 0.25) is 0 Å². The van der Waals surface area contributed by atoms with Gasteiger partial charge in [-0.05, 0) is 19.1 Å². The molecule has 0 amide bonds. The molecule has 2 aromatic heterocycles. The number of nitrogens with zero attached hydrogens (tertiary/aromatic N) is 3. The summed E-state index contributed by atoms with van der Waals surface area (Å²) in [5, 5.41) is 0. The van der Waals surface area contributed by atoms with Crippen LogP contribution < -0.4 is 0 Å². The Hall–Kier alpha value is -1.26. The SMILES string of the molecule is Cc1ccc(CN2CCc3ncncc3C2)s1. The van der Waals surface area contributed by atoms with Gasteiger partial charge in [-0.25, -0.2) is 9.97 Å². The van der Waals surface area contributed by atoms with Gasteiger partial charge in [-0.15, -0.1) is 11.3 Å². The standard InChI is InChI=1S/C13H15N3S/c1-10-2-3-12(17-10)8-16-5-4-13-11(7-16)6-14-9-15-13/h2-3,6,9H,4-5,7-8H2,1H3. The Morgan fingerprint density at radius 3 is 3.18 bits per heavy atom. The first kappa shape index (κ1) is 10.9. The third-order valence-corrected chi connectivity index (χ3v) is 4.10. The fraction of sp³-hybridized carbons (Fsp3) is 0.385. The van der Waals surface area contributed by atoms with Crippen molar-refractivity contribution in [1.82, 2.24) is 14.9 Å². The van der Waals surface area contributed by atoms with Crippen molar-refractivity contribution in [2.24, 2.45) is 0 Å². The Balaban J connectivity index is 1.72. The van der Waals surface area contributed by atoms with Crippen LogP contribution in [0.15, 0.2) is 24.7 Å². The molecule has 88 valence electrons. The lowest BCUT2D eigenvalue weighted by molar-refractivity contribution is 0.245. The molecule has 3 heterocycles. The van der Waals surface area contributed by atoms with Gasteiger partial charge in [0.1, 0.15) is 6.33 Å². The van der Waals surface area contributed by atoms with E-state index in [2.05, 4.69) is 33.9 Å². The molecule has 0 atom stereocenters. The average molecular weight is 245 g/mol. The van der Waals surface area contributed by atoms with Crippen molar-refractivity contribution in [1.29, 1.82) is 0 Å². The molecule has 1 aliphatic heterocycles. The highest BCUT2D eigenvalue weighted by molar-refractivity contribution is 7.11. The van der Waals surface area contributed by atoms with E-state index in [1.54, 1.807) is 6.33 Å². The molecule has 0 fully saturated rings. The first-order valence-electron chi connectivity index (χ1n) is 5.87. The molecule has 0 unspecified atom stereocenters. The molecule has 0 saturated carbocycles. The van der Waals surface area contributed by atoms with Gasteiger partial charge in [-0.1, -0.05) is 0 Å². The zero-order valence-corrected chi connectivity index (χ0v) is 10.7. The first-order chi connectivity index (χ1) is 8.31. The van der Waals surface area contributed by atoms with Crippen molar-refractivity contribution in [2.75, 3.05) is 6.54 Å². The lowest BCUT2D eigenvalue weighted by Gasteiger charge is -2.27. The Morgan fingerprint density at radius 2 is 2.35 bits per heavy atom. The average Bonchev–Trinajstić information content (AvgIpc) is 2.75. The predicted octanol–water partition coefficient (Wildman–Crippen LogP) is 2.40. The first-order valence-corrected chi connectivity index (χ1v) is 6.68. The quantitative estimate of drug-likeness (QED) is 0.813. The van der Waals surface area contributed by atoms with Crippen molar-refractivity contribution >= 4 is 11.3 Å². The Bertz CT molecular complexity index is 521. The van der Waals surface area contributed by atoms with Crippen molar-refractivity contribution in [2.45, 2.75) is 26.4 Å². The summed E-state index contributed by atoms with van der Waals surface area (Å²) in [5.74, 6) is 0. The zero-order valence-electron chi connectivity index (χ0n) is 9.89. The summed E-state index contributed by atoms with van der Waals surface area (Å²) < 4.78 is 0. The highest BCUT2D eigenvalue weighted by Crippen LogP contribution is 2.21. The molecule has 17 heavy (non-hydrogen) atoms. The predicted molar refractivity (Wildman–Crippen MR) is 68.9 cm³/mol. The van der Waals surface area contributed by atoms with Gasteiger partial charge in [-0.2, -0.15) is 0 Å². The fourth-order valence-corrected chi connectivity index (χ4v) is 3.18. The van der Waals surface area contributed by atoms with E-state index < -0.39 is 0 Å². The van der Waals surface area contributed by atoms with Crippen LogP contribution in [0.1, 0.15) is 21.0 Å². The minimum Gasteiger partial charge on any atom is -0.293 e. The number of fused-ring (bicyclic) bond motifs is 1. The van der Waals surface area contributed by atoms with E-state index in [4.69, 9.17) is 0 Å². The normalized spacial score (nSPS) is 15.8. The highest BCUT2D eigenvalue weighted by atomic mass is 32.1. The summed E-state index contributed by atoms with van der Waals surface area (Å²) in [6.45, 7) is 5.29. The summed E-state index contributed by atoms with van der Waals surface area (Å²) in [5.41, 5.74) is 2.51. The zero-order chi connectivity index (χ0) is 11.7. The minimum atomic E-state index is 0.979. The van der Waals surface area contributed by atoms with Crippen molar-refractivity contribution < 1.29 is 0 Å². The topological polar surface area (TPSA) is 29.0 Å². The van der Waals surface area contributed by atoms with Crippen molar-refractivity contribution in [3.8, 4) is 0 Å². The maximum Gasteiger partial charge on any atom is 0.115 e. The summed E-state index contributed by atoms with van der Waals surface area (Å²) in [6.07, 6.45) is 4.65. The monoisotopic (exact) mass is 245 g/mol. The molecule has 4 heteroatoms. The number of hydrogen-bond donors (Lipinski definition) is 0. The smallest absolute Gasteiger partial charge is 0.115 e. The van der Waals surface area contributed by atoms with Gasteiger partial charge >= 0.3 is 0 Å². The second-order valence-corrected chi connectivity index (χ2v) is 5.84. The third kappa shape index (κ3) is 2.37. The lowest BCUT2D eigenvalue weighted by Crippen LogP contribution is -2.30. The van der Waals surface area contributed by atoms with Crippen LogP contribution in [0.5, 0.6) is 0 Å². The maximum absolute atomic E-state index is 4.33. The van der Waals surface area contributed by atoms with Gasteiger partial charge in [0.25, 0.3) is 0 Å². The molecule has 0 radical (unpaired) electrons. The van der Waals surface area contributed by atoms with E-state index in [1.165, 1.54) is 21.0 Å². The van der Waals surface area contributed by atoms with Crippen LogP contribution >= 0.6 is 11.3 Å². The van der Waals surface area contributed by atoms with Gasteiger partial charge < -0.3 is 0 Å². The maximum atomic E-state index is 4.33. The van der Waals surface area contributed by atoms with Crippen LogP contribution in [-0.4, -0.2) is 21.4 Å². The second kappa shape index (κ2) is 4.55. The molecule has 0 aromatic carbocycles. The second-order valence-electron chi connectivity index (χ2n) is 4.47. The van der Waals surface area contributed by atoms with Crippen LogP contribution in [0.25, 0.3) is 0 Å². The Labute approximate surface area is 105 Å². The molecular weight excluding hydrogens is 230 g/mol. The van der Waals surface area contributed by atoms with E-state index in [0.717, 1.165) is 26.1 Å². The van der Waals surface area contributed by atoms with Gasteiger partial charge in [0.15, 0.2) is 0 Å². The summed E-state index contributed by atoms with van der Waals surface area (Å²) in [4.78, 5) is 13.7. The number of aryl methyl sites for hydroxylation is 1. The highest BCUT2D eigenvalue weighted by Gasteiger charge is 2.17. The van der Waals surface area contributed by atoms with E-state index in [-0.39, 0.29) is 0 Å². The Morgan fingerprint density at radius 1 is 1.41 bits per heavy atom. The van der Waals surface area contributed by atoms with Crippen LogP contribution in [0.3, 0.4) is 0 Å². The van der Waals surface area contributed by atoms with E-state index >= 15 is 0 Å². The molecule has 3 rings (SSSR count). The minimum absolute atomic E-state index is 0.979. The van der Waals surface area contributed by atoms with Crippen LogP contribution in [0.4, 0.5) is 0 Å². The number of aromatic nitrogens is 2. The van der Waals surface area contributed by atoms with Crippen molar-refractivity contribution in [3.63, 3.8) is 0 Å². The van der Waals surface area contributed by atoms with E-state index in [0.29, 0.717) is 0 Å².